The molecule has 4 bridgehead atoms. The van der Waals surface area contributed by atoms with Crippen LogP contribution in [0.3, 0.4) is 0 Å². The second-order valence-electron chi connectivity index (χ2n) is 14.9. The Kier molecular flexibility index (Phi) is 7.35. The third kappa shape index (κ3) is 4.22. The second-order valence-corrected chi connectivity index (χ2v) is 14.9. The fraction of sp³-hybridized carbons (Fsp3) is 0.969. The fourth-order valence-corrected chi connectivity index (χ4v) is 9.99. The van der Waals surface area contributed by atoms with Crippen LogP contribution in [0.5, 0.6) is 0 Å². The van der Waals surface area contributed by atoms with Crippen molar-refractivity contribution in [1.82, 2.24) is 0 Å². The first-order valence-electron chi connectivity index (χ1n) is 16.5. The SMILES string of the molecule is CCO[C@H]1O[C@@H]2O[C@]3(C)CCC4[C@H](C)CCC([C@H]1C)[C@]42OO3.C[C@@H]1CCC2[C@@H](C)C(=O)O[C@@H]3O[C@]4(C)CCC1[C@@]23OO4. The molecule has 10 nitrogen and oxygen atoms in total. The summed E-state index contributed by atoms with van der Waals surface area (Å²) in [5, 5.41) is 0. The Morgan fingerprint density at radius 2 is 1.26 bits per heavy atom. The lowest BCUT2D eigenvalue weighted by molar-refractivity contribution is -0.577. The Morgan fingerprint density at radius 3 is 1.86 bits per heavy atom. The van der Waals surface area contributed by atoms with Gasteiger partial charge < -0.3 is 23.7 Å². The fourth-order valence-electron chi connectivity index (χ4n) is 9.99. The van der Waals surface area contributed by atoms with Crippen molar-refractivity contribution in [3.63, 3.8) is 0 Å². The highest BCUT2D eigenvalue weighted by atomic mass is 17.3. The van der Waals surface area contributed by atoms with Crippen molar-refractivity contribution in [2.24, 2.45) is 47.3 Å². The van der Waals surface area contributed by atoms with Crippen LogP contribution in [-0.4, -0.2) is 54.2 Å². The zero-order chi connectivity index (χ0) is 29.7. The number of carbonyl (C=O) groups excluding carboxylic acids is 1. The van der Waals surface area contributed by atoms with Crippen molar-refractivity contribution >= 4 is 5.97 Å². The molecule has 8 saturated heterocycles. The van der Waals surface area contributed by atoms with E-state index in [0.29, 0.717) is 36.2 Å². The van der Waals surface area contributed by atoms with Crippen LogP contribution in [0, 0.1) is 47.3 Å². The standard InChI is InChI=1S/C17H28O5.C15H22O5/c1-5-18-14-11(3)13-7-6-10(2)12-8-9-16(4)20-15(19-14)17(12,13)22-21-16;1-8-4-5-11-9(2)12(16)17-13-15(11)10(8)6-7-14(3,18-13)19-20-15/h10-15H,5-9H2,1-4H3;8-11,13H,4-7H2,1-3H3/t10-,11-,12?,13?,14+,15-,16+,17-;8-,9-,10?,11?,13-,14+,15-/m11/s1. The Bertz CT molecular complexity index is 1060. The number of esters is 1. The highest BCUT2D eigenvalue weighted by Crippen LogP contribution is 2.61. The number of carbonyl (C=O) groups is 1. The summed E-state index contributed by atoms with van der Waals surface area (Å²) in [6.45, 7) is 15.2. The molecule has 10 heteroatoms. The largest absolute Gasteiger partial charge is 0.432 e. The maximum atomic E-state index is 12.1. The summed E-state index contributed by atoms with van der Waals surface area (Å²) in [6.07, 6.45) is 6.90. The van der Waals surface area contributed by atoms with E-state index < -0.39 is 29.1 Å². The van der Waals surface area contributed by atoms with E-state index in [2.05, 4.69) is 20.8 Å². The first-order chi connectivity index (χ1) is 20.0. The number of fused-ring (bicyclic) bond motifs is 4. The second kappa shape index (κ2) is 10.3. The van der Waals surface area contributed by atoms with Gasteiger partial charge in [0.15, 0.2) is 23.8 Å². The molecule has 15 atom stereocenters. The molecule has 0 radical (unpaired) electrons. The van der Waals surface area contributed by atoms with E-state index >= 15 is 0 Å². The molecule has 2 saturated carbocycles. The van der Waals surface area contributed by atoms with Crippen molar-refractivity contribution in [2.45, 2.75) is 141 Å². The van der Waals surface area contributed by atoms with E-state index in [1.165, 1.54) is 6.42 Å². The number of hydrogen-bond donors (Lipinski definition) is 0. The first kappa shape index (κ1) is 29.8. The minimum Gasteiger partial charge on any atom is -0.432 e. The zero-order valence-electron chi connectivity index (χ0n) is 26.3. The molecule has 10 aliphatic rings. The summed E-state index contributed by atoms with van der Waals surface area (Å²) >= 11 is 0. The molecule has 0 amide bonds. The monoisotopic (exact) mass is 594 g/mol. The molecule has 238 valence electrons. The van der Waals surface area contributed by atoms with Crippen molar-refractivity contribution in [3.8, 4) is 0 Å². The van der Waals surface area contributed by atoms with Gasteiger partial charge in [0.25, 0.3) is 0 Å². The molecule has 42 heavy (non-hydrogen) atoms. The van der Waals surface area contributed by atoms with Crippen LogP contribution in [0.15, 0.2) is 0 Å². The van der Waals surface area contributed by atoms with E-state index in [0.717, 1.165) is 44.9 Å². The van der Waals surface area contributed by atoms with Gasteiger partial charge in [-0.1, -0.05) is 27.7 Å². The van der Waals surface area contributed by atoms with E-state index in [-0.39, 0.29) is 36.3 Å². The van der Waals surface area contributed by atoms with E-state index in [1.54, 1.807) is 0 Å². The van der Waals surface area contributed by atoms with Gasteiger partial charge in [0, 0.05) is 43.1 Å². The van der Waals surface area contributed by atoms with Crippen molar-refractivity contribution in [3.05, 3.63) is 0 Å². The summed E-state index contributed by atoms with van der Waals surface area (Å²) in [7, 11) is 0. The maximum absolute atomic E-state index is 12.1. The van der Waals surface area contributed by atoms with Gasteiger partial charge in [-0.3, -0.25) is 4.79 Å². The predicted octanol–water partition coefficient (Wildman–Crippen LogP) is 5.63. The Balaban J connectivity index is 0.000000138. The first-order valence-corrected chi connectivity index (χ1v) is 16.5. The molecule has 8 aliphatic heterocycles. The van der Waals surface area contributed by atoms with Crippen molar-refractivity contribution in [1.29, 1.82) is 0 Å². The van der Waals surface area contributed by atoms with Crippen LogP contribution in [0.25, 0.3) is 0 Å². The lowest BCUT2D eigenvalue weighted by atomic mass is 9.58. The average Bonchev–Trinajstić information content (AvgIpc) is 3.32. The molecular weight excluding hydrogens is 544 g/mol. The highest BCUT2D eigenvalue weighted by Gasteiger charge is 2.71. The van der Waals surface area contributed by atoms with Gasteiger partial charge in [0.05, 0.1) is 5.92 Å². The minimum absolute atomic E-state index is 0.123. The van der Waals surface area contributed by atoms with Crippen LogP contribution in [0.4, 0.5) is 0 Å². The van der Waals surface area contributed by atoms with Gasteiger partial charge >= 0.3 is 5.97 Å². The van der Waals surface area contributed by atoms with Crippen LogP contribution < -0.4 is 0 Å². The average molecular weight is 595 g/mol. The molecule has 8 heterocycles. The molecule has 10 rings (SSSR count). The Hall–Kier alpha value is -0.850. The number of ether oxygens (including phenoxy) is 5. The van der Waals surface area contributed by atoms with Crippen LogP contribution in [-0.2, 0) is 48.0 Å². The summed E-state index contributed by atoms with van der Waals surface area (Å²) in [4.78, 5) is 35.5. The van der Waals surface area contributed by atoms with Crippen LogP contribution >= 0.6 is 0 Å². The summed E-state index contributed by atoms with van der Waals surface area (Å²) in [5.41, 5.74) is -1.08. The molecule has 2 spiro atoms. The normalized spacial score (nSPS) is 57.5. The summed E-state index contributed by atoms with van der Waals surface area (Å²) < 4.78 is 29.9. The lowest BCUT2D eigenvalue weighted by Gasteiger charge is -2.60. The topological polar surface area (TPSA) is 100 Å². The third-order valence-electron chi connectivity index (χ3n) is 12.4. The molecule has 10 fully saturated rings. The maximum Gasteiger partial charge on any atom is 0.311 e. The highest BCUT2D eigenvalue weighted by molar-refractivity contribution is 5.74. The molecule has 4 unspecified atom stereocenters. The Labute approximate surface area is 249 Å². The van der Waals surface area contributed by atoms with Crippen molar-refractivity contribution < 1.29 is 48.0 Å². The number of hydrogen-bond acceptors (Lipinski definition) is 10. The van der Waals surface area contributed by atoms with Crippen LogP contribution in [0.1, 0.15) is 99.8 Å². The molecule has 0 N–H and O–H groups in total. The molecule has 2 aliphatic carbocycles. The Morgan fingerprint density at radius 1 is 0.714 bits per heavy atom. The van der Waals surface area contributed by atoms with Gasteiger partial charge in [-0.05, 0) is 77.0 Å². The summed E-state index contributed by atoms with van der Waals surface area (Å²) in [5.74, 6) is 0.820. The lowest BCUT2D eigenvalue weighted by Crippen LogP contribution is -2.70. The smallest absolute Gasteiger partial charge is 0.311 e. The van der Waals surface area contributed by atoms with E-state index in [1.807, 2.05) is 27.7 Å². The van der Waals surface area contributed by atoms with E-state index in [4.69, 9.17) is 43.2 Å². The number of rotatable bonds is 2. The van der Waals surface area contributed by atoms with Gasteiger partial charge in [0.1, 0.15) is 0 Å². The molecule has 0 aromatic rings. The van der Waals surface area contributed by atoms with Gasteiger partial charge in [-0.2, -0.15) is 0 Å². The molecule has 0 aromatic heterocycles. The van der Waals surface area contributed by atoms with Gasteiger partial charge in [0.2, 0.25) is 17.9 Å². The van der Waals surface area contributed by atoms with Gasteiger partial charge in [-0.25, -0.2) is 19.6 Å². The van der Waals surface area contributed by atoms with Gasteiger partial charge in [-0.15, -0.1) is 0 Å². The van der Waals surface area contributed by atoms with Crippen molar-refractivity contribution in [2.75, 3.05) is 6.61 Å². The quantitative estimate of drug-likeness (QED) is 0.296. The molecule has 0 aromatic carbocycles. The third-order valence-corrected chi connectivity index (χ3v) is 12.4. The molecular formula is C32H50O10. The zero-order valence-corrected chi connectivity index (χ0v) is 26.3. The summed E-state index contributed by atoms with van der Waals surface area (Å²) in [6, 6.07) is 0. The van der Waals surface area contributed by atoms with Crippen LogP contribution in [0.2, 0.25) is 0 Å². The minimum atomic E-state index is -0.793. The predicted molar refractivity (Wildman–Crippen MR) is 147 cm³/mol. The van der Waals surface area contributed by atoms with E-state index in [9.17, 15) is 4.79 Å².